The Bertz CT molecular complexity index is 2630. The lowest BCUT2D eigenvalue weighted by atomic mass is 9.90. The van der Waals surface area contributed by atoms with Crippen LogP contribution in [0.5, 0.6) is 0 Å². The Morgan fingerprint density at radius 2 is 1.66 bits per heavy atom. The van der Waals surface area contributed by atoms with Gasteiger partial charge in [-0.05, 0) is 105 Å². The summed E-state index contributed by atoms with van der Waals surface area (Å²) in [4.78, 5) is 66.2. The number of pyridine rings is 1. The van der Waals surface area contributed by atoms with E-state index in [-0.39, 0.29) is 35.1 Å². The van der Waals surface area contributed by atoms with Crippen LogP contribution in [0.3, 0.4) is 0 Å². The first-order chi connectivity index (χ1) is 30.9. The number of aryl methyl sites for hydroxylation is 1. The number of carbonyl (C=O) groups excluding carboxylic acids is 3. The average molecular weight is 864 g/mol. The van der Waals surface area contributed by atoms with E-state index in [1.54, 1.807) is 6.33 Å². The molecular formula is C49H57N11O4. The third-order valence-corrected chi connectivity index (χ3v) is 13.2. The summed E-state index contributed by atoms with van der Waals surface area (Å²) >= 11 is 0. The lowest BCUT2D eigenvalue weighted by molar-refractivity contribution is -0.134. The maximum Gasteiger partial charge on any atom is 0.315 e. The topological polar surface area (TPSA) is 178 Å². The first kappa shape index (κ1) is 42.8. The largest absolute Gasteiger partial charge is 0.372 e. The minimum absolute atomic E-state index is 0.0482. The Morgan fingerprint density at radius 1 is 0.891 bits per heavy atom. The Hall–Kier alpha value is -6.48. The second-order valence-corrected chi connectivity index (χ2v) is 18.7. The maximum atomic E-state index is 12.9. The molecule has 3 saturated heterocycles. The number of benzene rings is 2. The average Bonchev–Trinajstić information content (AvgIpc) is 3.99. The highest BCUT2D eigenvalue weighted by Gasteiger charge is 2.29. The third-order valence-electron chi connectivity index (χ3n) is 13.2. The van der Waals surface area contributed by atoms with Gasteiger partial charge in [-0.15, -0.1) is 0 Å². The zero-order valence-corrected chi connectivity index (χ0v) is 37.4. The van der Waals surface area contributed by atoms with Crippen molar-refractivity contribution in [2.75, 3.05) is 55.6 Å². The number of aromatic nitrogens is 6. The summed E-state index contributed by atoms with van der Waals surface area (Å²) in [5.74, 6) is 1.15. The second kappa shape index (κ2) is 17.9. The molecule has 2 aromatic carbocycles. The zero-order chi connectivity index (χ0) is 44.5. The predicted octanol–water partition coefficient (Wildman–Crippen LogP) is 7.12. The molecule has 3 aliphatic rings. The van der Waals surface area contributed by atoms with Crippen LogP contribution in [-0.2, 0) is 15.0 Å². The predicted molar refractivity (Wildman–Crippen MR) is 246 cm³/mol. The van der Waals surface area contributed by atoms with E-state index in [1.807, 2.05) is 52.9 Å². The number of nitrogens with one attached hydrogen (secondary N) is 3. The number of amides is 3. The molecular weight excluding hydrogens is 807 g/mol. The molecule has 15 heteroatoms. The van der Waals surface area contributed by atoms with Gasteiger partial charge in [0, 0.05) is 85.2 Å². The normalized spacial score (nSPS) is 18.4. The molecule has 3 fully saturated rings. The molecule has 15 nitrogen and oxygen atoms in total. The van der Waals surface area contributed by atoms with Gasteiger partial charge in [-0.2, -0.15) is 4.98 Å². The van der Waals surface area contributed by atoms with Gasteiger partial charge in [-0.25, -0.2) is 15.0 Å². The van der Waals surface area contributed by atoms with Crippen LogP contribution < -0.4 is 20.4 Å². The minimum atomic E-state index is -0.409. The number of rotatable bonds is 11. The van der Waals surface area contributed by atoms with Gasteiger partial charge in [0.25, 0.3) is 0 Å². The molecule has 0 saturated carbocycles. The van der Waals surface area contributed by atoms with Crippen molar-refractivity contribution in [3.05, 3.63) is 102 Å². The summed E-state index contributed by atoms with van der Waals surface area (Å²) < 4.78 is 5.25. The monoisotopic (exact) mass is 863 g/mol. The van der Waals surface area contributed by atoms with Gasteiger partial charge < -0.3 is 24.6 Å². The zero-order valence-electron chi connectivity index (χ0n) is 37.4. The van der Waals surface area contributed by atoms with E-state index in [1.165, 1.54) is 24.9 Å². The number of carbonyl (C=O) groups is 3. The van der Waals surface area contributed by atoms with Gasteiger partial charge in [0.1, 0.15) is 17.8 Å². The molecule has 0 radical (unpaired) electrons. The molecule has 7 heterocycles. The van der Waals surface area contributed by atoms with E-state index in [0.717, 1.165) is 108 Å². The van der Waals surface area contributed by atoms with Crippen LogP contribution >= 0.6 is 0 Å². The van der Waals surface area contributed by atoms with Crippen molar-refractivity contribution >= 4 is 40.3 Å². The molecule has 64 heavy (non-hydrogen) atoms. The summed E-state index contributed by atoms with van der Waals surface area (Å²) in [6.07, 6.45) is 8.09. The highest BCUT2D eigenvalue weighted by atomic mass is 16.5. The van der Waals surface area contributed by atoms with Crippen LogP contribution in [0.4, 0.5) is 11.5 Å². The van der Waals surface area contributed by atoms with E-state index < -0.39 is 5.91 Å². The fourth-order valence-corrected chi connectivity index (χ4v) is 9.30. The van der Waals surface area contributed by atoms with Gasteiger partial charge >= 0.3 is 11.8 Å². The molecule has 2 atom stereocenters. The quantitative estimate of drug-likeness (QED) is 0.113. The lowest BCUT2D eigenvalue weighted by Crippen LogP contribution is -2.47. The summed E-state index contributed by atoms with van der Waals surface area (Å²) in [5.41, 5.74) is 8.29. The van der Waals surface area contributed by atoms with Crippen molar-refractivity contribution in [3.63, 3.8) is 0 Å². The van der Waals surface area contributed by atoms with Gasteiger partial charge in [0.2, 0.25) is 11.8 Å². The third kappa shape index (κ3) is 9.26. The second-order valence-electron chi connectivity index (χ2n) is 18.7. The molecule has 332 valence electrons. The molecule has 0 bridgehead atoms. The summed E-state index contributed by atoms with van der Waals surface area (Å²) in [6, 6.07) is 20.6. The molecule has 4 aromatic heterocycles. The molecule has 0 spiro atoms. The fraction of sp³-hybridized carbons (Fsp3) is 0.429. The molecule has 3 amide bonds. The molecule has 1 unspecified atom stereocenters. The van der Waals surface area contributed by atoms with E-state index in [9.17, 15) is 14.4 Å². The van der Waals surface area contributed by atoms with Crippen molar-refractivity contribution < 1.29 is 18.9 Å². The first-order valence-electron chi connectivity index (χ1n) is 22.6. The molecule has 9 rings (SSSR count). The maximum absolute atomic E-state index is 12.9. The Kier molecular flexibility index (Phi) is 12.0. The summed E-state index contributed by atoms with van der Waals surface area (Å²) in [5, 5.41) is 10.4. The van der Waals surface area contributed by atoms with Crippen molar-refractivity contribution in [2.24, 2.45) is 5.92 Å². The SMILES string of the molecule is Cc1cc(-c2ncnc3[nH]c(-c4ccc(N5CCN(CCC6CCN(c7ccc([C@@H]8CCC(=O)NC8=O)cc7)CC6)CC5)nc4)cc23)ccc1C(C)NC(=O)c1nc(C(C)(C)C)no1. The van der Waals surface area contributed by atoms with Crippen molar-refractivity contribution in [1.29, 1.82) is 0 Å². The van der Waals surface area contributed by atoms with Crippen molar-refractivity contribution in [1.82, 2.24) is 45.6 Å². The number of aromatic amines is 1. The number of H-pyrrole nitrogens is 1. The minimum Gasteiger partial charge on any atom is -0.372 e. The Balaban J connectivity index is 0.750. The fourth-order valence-electron chi connectivity index (χ4n) is 9.30. The van der Waals surface area contributed by atoms with Crippen LogP contribution in [0.2, 0.25) is 0 Å². The highest BCUT2D eigenvalue weighted by molar-refractivity contribution is 6.01. The highest BCUT2D eigenvalue weighted by Crippen LogP contribution is 2.33. The van der Waals surface area contributed by atoms with Crippen LogP contribution in [0.15, 0.2) is 77.7 Å². The van der Waals surface area contributed by atoms with Gasteiger partial charge in [0.15, 0.2) is 5.82 Å². The van der Waals surface area contributed by atoms with E-state index in [0.29, 0.717) is 18.7 Å². The number of anilines is 2. The number of fused-ring (bicyclic) bond motifs is 1. The number of nitrogens with zero attached hydrogens (tertiary/aromatic N) is 8. The van der Waals surface area contributed by atoms with Crippen molar-refractivity contribution in [2.45, 2.75) is 84.1 Å². The number of imide groups is 1. The van der Waals surface area contributed by atoms with Gasteiger partial charge in [-0.1, -0.05) is 50.2 Å². The Labute approximate surface area is 373 Å². The van der Waals surface area contributed by atoms with E-state index in [4.69, 9.17) is 14.5 Å². The van der Waals surface area contributed by atoms with Crippen LogP contribution in [0.1, 0.15) is 105 Å². The smallest absolute Gasteiger partial charge is 0.315 e. The standard InChI is InChI=1S/C49H57N11O4/c1-30-26-34(8-12-37(30)31(2)53-46(63)47-56-48(57-64-47)49(3,4)5)43-39-27-40(54-44(39)52-29-51-43)35-9-14-41(50-28-35)60-24-22-58(23-25-60)19-16-32-17-20-59(21-18-32)36-10-6-33(7-11-36)38-13-15-42(61)55-45(38)62/h6-12,14,26-29,31-32,38H,13,15-25H2,1-5H3,(H,53,63)(H,51,52,54)(H,55,61,62)/t31?,38-/m0/s1. The van der Waals surface area contributed by atoms with Crippen LogP contribution in [0.25, 0.3) is 33.5 Å². The van der Waals surface area contributed by atoms with Crippen molar-refractivity contribution in [3.8, 4) is 22.5 Å². The summed E-state index contributed by atoms with van der Waals surface area (Å²) in [6.45, 7) is 17.0. The number of hydrogen-bond donors (Lipinski definition) is 3. The first-order valence-corrected chi connectivity index (χ1v) is 22.6. The molecule has 3 N–H and O–H groups in total. The summed E-state index contributed by atoms with van der Waals surface area (Å²) in [7, 11) is 0. The lowest BCUT2D eigenvalue weighted by Gasteiger charge is -2.37. The van der Waals surface area contributed by atoms with Crippen LogP contribution in [-0.4, -0.2) is 98.5 Å². The van der Waals surface area contributed by atoms with Gasteiger partial charge in [0.05, 0.1) is 17.7 Å². The van der Waals surface area contributed by atoms with E-state index >= 15 is 0 Å². The number of piperazine rings is 1. The van der Waals surface area contributed by atoms with Gasteiger partial charge in [-0.3, -0.25) is 24.6 Å². The van der Waals surface area contributed by atoms with E-state index in [2.05, 4.69) is 94.0 Å². The Morgan fingerprint density at radius 3 is 2.34 bits per heavy atom. The molecule has 6 aromatic rings. The molecule has 3 aliphatic heterocycles. The molecule has 0 aliphatic carbocycles. The van der Waals surface area contributed by atoms with Crippen LogP contribution in [0, 0.1) is 12.8 Å². The number of piperidine rings is 2. The number of hydrogen-bond acceptors (Lipinski definition) is 12.